The molecule has 3 aromatic rings. The zero-order chi connectivity index (χ0) is 11.1. The Balaban J connectivity index is 2.51. The molecule has 0 fully saturated rings. The summed E-state index contributed by atoms with van der Waals surface area (Å²) in [5.41, 5.74) is 4.23. The summed E-state index contributed by atoms with van der Waals surface area (Å²) in [6.45, 7) is 0.275. The first-order chi connectivity index (χ1) is 7.83. The number of halogens is 1. The van der Waals surface area contributed by atoms with Gasteiger partial charge in [0.05, 0.1) is 24.1 Å². The van der Waals surface area contributed by atoms with E-state index in [1.54, 1.807) is 24.7 Å². The van der Waals surface area contributed by atoms with Gasteiger partial charge >= 0.3 is 0 Å². The van der Waals surface area contributed by atoms with Crippen LogP contribution in [0.3, 0.4) is 0 Å². The van der Waals surface area contributed by atoms with Gasteiger partial charge in [0.2, 0.25) is 0 Å². The van der Waals surface area contributed by atoms with E-state index in [1.165, 1.54) is 0 Å². The maximum Gasteiger partial charge on any atom is 0.153 e. The fraction of sp³-hybridized carbons (Fsp3) is 0.0909. The van der Waals surface area contributed by atoms with Crippen LogP contribution in [-0.4, -0.2) is 5.21 Å². The molecule has 4 nitrogen and oxygen atoms in total. The molecule has 3 rings (SSSR count). The quantitative estimate of drug-likeness (QED) is 0.672. The Morgan fingerprint density at radius 3 is 2.56 bits per heavy atom. The number of nitrogens with one attached hydrogen (secondary N) is 1. The van der Waals surface area contributed by atoms with Gasteiger partial charge in [-0.25, -0.2) is 5.48 Å². The molecule has 0 aliphatic carbocycles. The van der Waals surface area contributed by atoms with E-state index < -0.39 is 0 Å². The van der Waals surface area contributed by atoms with Gasteiger partial charge in [-0.15, -0.1) is 0 Å². The van der Waals surface area contributed by atoms with E-state index in [0.717, 1.165) is 16.3 Å². The van der Waals surface area contributed by atoms with Crippen molar-refractivity contribution in [2.75, 3.05) is 0 Å². The molecule has 2 N–H and O–H groups in total. The molecule has 2 aromatic heterocycles. The van der Waals surface area contributed by atoms with Crippen molar-refractivity contribution in [1.82, 2.24) is 5.48 Å². The van der Waals surface area contributed by atoms with Crippen molar-refractivity contribution in [3.8, 4) is 0 Å². The average Bonchev–Trinajstić information content (AvgIpc) is 2.92. The first-order valence-electron chi connectivity index (χ1n) is 4.74. The predicted molar refractivity (Wildman–Crippen MR) is 59.6 cm³/mol. The van der Waals surface area contributed by atoms with E-state index >= 15 is 0 Å². The summed E-state index contributed by atoms with van der Waals surface area (Å²) in [6.07, 6.45) is 3.13. The van der Waals surface area contributed by atoms with E-state index in [-0.39, 0.29) is 6.54 Å². The molecule has 0 aliphatic heterocycles. The van der Waals surface area contributed by atoms with Crippen molar-refractivity contribution in [1.29, 1.82) is 0 Å². The van der Waals surface area contributed by atoms with Crippen molar-refractivity contribution in [3.63, 3.8) is 0 Å². The van der Waals surface area contributed by atoms with Gasteiger partial charge in [0.25, 0.3) is 0 Å². The van der Waals surface area contributed by atoms with Crippen molar-refractivity contribution in [2.45, 2.75) is 6.54 Å². The standard InChI is InChI=1S/C11H8ClNO3/c12-9-7-2-4-15-10(7)8(5-13-14)6-1-3-16-11(6)9/h1-4,13-14H,5H2. The molecule has 16 heavy (non-hydrogen) atoms. The number of furan rings is 2. The zero-order valence-corrected chi connectivity index (χ0v) is 8.91. The highest BCUT2D eigenvalue weighted by atomic mass is 35.5. The van der Waals surface area contributed by atoms with E-state index in [4.69, 9.17) is 25.6 Å². The number of benzene rings is 1. The van der Waals surface area contributed by atoms with Crippen LogP contribution in [0.15, 0.2) is 33.5 Å². The molecular weight excluding hydrogens is 230 g/mol. The smallest absolute Gasteiger partial charge is 0.153 e. The minimum atomic E-state index is 0.275. The molecule has 0 bridgehead atoms. The fourth-order valence-electron chi connectivity index (χ4n) is 1.93. The summed E-state index contributed by atoms with van der Waals surface area (Å²) in [7, 11) is 0. The normalized spacial score (nSPS) is 11.6. The van der Waals surface area contributed by atoms with Crippen molar-refractivity contribution >= 4 is 33.5 Å². The highest BCUT2D eigenvalue weighted by Crippen LogP contribution is 2.37. The molecule has 0 atom stereocenters. The molecule has 0 radical (unpaired) electrons. The first kappa shape index (κ1) is 9.72. The highest BCUT2D eigenvalue weighted by Gasteiger charge is 2.16. The monoisotopic (exact) mass is 237 g/mol. The van der Waals surface area contributed by atoms with Crippen molar-refractivity contribution < 1.29 is 14.0 Å². The molecule has 0 aliphatic rings. The van der Waals surface area contributed by atoms with Gasteiger partial charge in [0.15, 0.2) is 5.58 Å². The van der Waals surface area contributed by atoms with Gasteiger partial charge in [0, 0.05) is 16.3 Å². The highest BCUT2D eigenvalue weighted by molar-refractivity contribution is 6.40. The second kappa shape index (κ2) is 3.52. The van der Waals surface area contributed by atoms with Gasteiger partial charge < -0.3 is 14.0 Å². The number of rotatable bonds is 2. The van der Waals surface area contributed by atoms with Crippen LogP contribution in [0.5, 0.6) is 0 Å². The molecule has 0 saturated carbocycles. The Morgan fingerprint density at radius 1 is 1.12 bits per heavy atom. The van der Waals surface area contributed by atoms with E-state index in [1.807, 2.05) is 0 Å². The topological polar surface area (TPSA) is 58.5 Å². The Bertz CT molecular complexity index is 604. The lowest BCUT2D eigenvalue weighted by Crippen LogP contribution is -2.06. The van der Waals surface area contributed by atoms with Crippen molar-refractivity contribution in [3.05, 3.63) is 35.2 Å². The first-order valence-corrected chi connectivity index (χ1v) is 5.12. The lowest BCUT2D eigenvalue weighted by Gasteiger charge is -2.04. The lowest BCUT2D eigenvalue weighted by atomic mass is 10.1. The number of hydroxylamine groups is 1. The third kappa shape index (κ3) is 1.18. The van der Waals surface area contributed by atoms with Gasteiger partial charge in [-0.1, -0.05) is 11.6 Å². The minimum Gasteiger partial charge on any atom is -0.464 e. The van der Waals surface area contributed by atoms with Gasteiger partial charge in [-0.2, -0.15) is 0 Å². The lowest BCUT2D eigenvalue weighted by molar-refractivity contribution is 0.161. The van der Waals surface area contributed by atoms with Crippen LogP contribution in [0.1, 0.15) is 5.56 Å². The summed E-state index contributed by atoms with van der Waals surface area (Å²) in [5, 5.41) is 11.0. The van der Waals surface area contributed by atoms with Crippen molar-refractivity contribution in [2.24, 2.45) is 0 Å². The predicted octanol–water partition coefficient (Wildman–Crippen LogP) is 3.31. The van der Waals surface area contributed by atoms with Crippen LogP contribution in [0.25, 0.3) is 21.9 Å². The minimum absolute atomic E-state index is 0.275. The summed E-state index contributed by atoms with van der Waals surface area (Å²) >= 11 is 6.19. The van der Waals surface area contributed by atoms with Crippen LogP contribution < -0.4 is 5.48 Å². The maximum atomic E-state index is 8.83. The average molecular weight is 238 g/mol. The van der Waals surface area contributed by atoms with Gasteiger partial charge in [-0.3, -0.25) is 0 Å². The number of hydrogen-bond donors (Lipinski definition) is 2. The van der Waals surface area contributed by atoms with Gasteiger partial charge in [0.1, 0.15) is 5.58 Å². The van der Waals surface area contributed by atoms with Crippen LogP contribution in [0.2, 0.25) is 5.02 Å². The summed E-state index contributed by atoms with van der Waals surface area (Å²) in [6, 6.07) is 3.58. The fourth-order valence-corrected chi connectivity index (χ4v) is 2.23. The molecule has 0 saturated heterocycles. The summed E-state index contributed by atoms with van der Waals surface area (Å²) in [4.78, 5) is 0. The third-order valence-corrected chi connectivity index (χ3v) is 3.00. The molecule has 1 aromatic carbocycles. The maximum absolute atomic E-state index is 8.83. The molecule has 0 unspecified atom stereocenters. The molecule has 0 spiro atoms. The second-order valence-corrected chi connectivity index (χ2v) is 3.83. The molecule has 82 valence electrons. The number of fused-ring (bicyclic) bond motifs is 2. The van der Waals surface area contributed by atoms with E-state index in [9.17, 15) is 0 Å². The van der Waals surface area contributed by atoms with Crippen LogP contribution in [0.4, 0.5) is 0 Å². The largest absolute Gasteiger partial charge is 0.464 e. The van der Waals surface area contributed by atoms with E-state index in [2.05, 4.69) is 5.48 Å². The molecule has 2 heterocycles. The molecule has 5 heteroatoms. The van der Waals surface area contributed by atoms with Crippen LogP contribution in [-0.2, 0) is 6.54 Å². The third-order valence-electron chi connectivity index (χ3n) is 2.62. The second-order valence-electron chi connectivity index (χ2n) is 3.45. The van der Waals surface area contributed by atoms with Gasteiger partial charge in [-0.05, 0) is 12.1 Å². The number of hydrogen-bond acceptors (Lipinski definition) is 4. The molecule has 0 amide bonds. The van der Waals surface area contributed by atoms with Crippen LogP contribution in [0, 0.1) is 0 Å². The van der Waals surface area contributed by atoms with E-state index in [0.29, 0.717) is 16.2 Å². The molecular formula is C11H8ClNO3. The Hall–Kier alpha value is -1.49. The Morgan fingerprint density at radius 2 is 1.81 bits per heavy atom. The van der Waals surface area contributed by atoms with Crippen LogP contribution >= 0.6 is 11.6 Å². The Kier molecular flexibility index (Phi) is 2.14. The zero-order valence-electron chi connectivity index (χ0n) is 8.16. The summed E-state index contributed by atoms with van der Waals surface area (Å²) < 4.78 is 10.7. The Labute approximate surface area is 95.3 Å². The summed E-state index contributed by atoms with van der Waals surface area (Å²) in [5.74, 6) is 0. The SMILES string of the molecule is ONCc1c2ccoc2c(Cl)c2ccoc12.